The predicted octanol–water partition coefficient (Wildman–Crippen LogP) is 4.42. The Kier molecular flexibility index (Phi) is 8.44. The molecule has 156 valence electrons. The molecule has 0 saturated heterocycles. The first-order valence-electron chi connectivity index (χ1n) is 9.20. The van der Waals surface area contributed by atoms with Crippen LogP contribution >= 0.6 is 15.9 Å². The van der Waals surface area contributed by atoms with E-state index in [0.29, 0.717) is 28.1 Å². The number of nitriles is 1. The Balaban J connectivity index is 2.30. The third-order valence-electron chi connectivity index (χ3n) is 4.00. The number of benzene rings is 2. The standard InChI is InChI=1S/C22H21BrN2O5/c1-3-14-5-7-17(8-6-14)25-22(28)16(12-24)9-15-10-19(29-4-2)20(11-18(15)23)30-13-21(26)27/h5-11H,3-4,13H2,1-2H3,(H,25,28)(H,26,27)/b16-9+. The lowest BCUT2D eigenvalue weighted by Gasteiger charge is -2.13. The Morgan fingerprint density at radius 3 is 2.40 bits per heavy atom. The van der Waals surface area contributed by atoms with Gasteiger partial charge >= 0.3 is 5.97 Å². The van der Waals surface area contributed by atoms with Crippen molar-refractivity contribution < 1.29 is 24.2 Å². The lowest BCUT2D eigenvalue weighted by atomic mass is 10.1. The zero-order valence-electron chi connectivity index (χ0n) is 16.6. The van der Waals surface area contributed by atoms with Gasteiger partial charge in [-0.15, -0.1) is 0 Å². The number of anilines is 1. The van der Waals surface area contributed by atoms with Gasteiger partial charge in [-0.05, 0) is 54.8 Å². The summed E-state index contributed by atoms with van der Waals surface area (Å²) in [7, 11) is 0. The average molecular weight is 473 g/mol. The fourth-order valence-corrected chi connectivity index (χ4v) is 2.95. The highest BCUT2D eigenvalue weighted by Crippen LogP contribution is 2.35. The Morgan fingerprint density at radius 1 is 1.17 bits per heavy atom. The minimum absolute atomic E-state index is 0.100. The zero-order chi connectivity index (χ0) is 22.1. The van der Waals surface area contributed by atoms with E-state index in [2.05, 4.69) is 21.2 Å². The molecule has 0 aliphatic heterocycles. The molecule has 0 aliphatic rings. The van der Waals surface area contributed by atoms with Crippen LogP contribution in [0, 0.1) is 11.3 Å². The third kappa shape index (κ3) is 6.36. The molecule has 0 spiro atoms. The van der Waals surface area contributed by atoms with Gasteiger partial charge in [-0.3, -0.25) is 4.79 Å². The summed E-state index contributed by atoms with van der Waals surface area (Å²) in [6.45, 7) is 3.62. The normalized spacial score (nSPS) is 10.8. The third-order valence-corrected chi connectivity index (χ3v) is 4.69. The van der Waals surface area contributed by atoms with Crippen LogP contribution in [-0.4, -0.2) is 30.2 Å². The van der Waals surface area contributed by atoms with Gasteiger partial charge in [-0.25, -0.2) is 4.79 Å². The van der Waals surface area contributed by atoms with E-state index in [9.17, 15) is 14.9 Å². The monoisotopic (exact) mass is 472 g/mol. The lowest BCUT2D eigenvalue weighted by molar-refractivity contribution is -0.139. The van der Waals surface area contributed by atoms with Gasteiger partial charge in [0.15, 0.2) is 18.1 Å². The summed E-state index contributed by atoms with van der Waals surface area (Å²) in [5.41, 5.74) is 2.14. The minimum atomic E-state index is -1.12. The SMILES string of the molecule is CCOc1cc(/C=C(\C#N)C(=O)Nc2ccc(CC)cc2)c(Br)cc1OCC(=O)O. The zero-order valence-corrected chi connectivity index (χ0v) is 18.2. The van der Waals surface area contributed by atoms with Gasteiger partial charge in [0.1, 0.15) is 11.6 Å². The average Bonchev–Trinajstić information content (AvgIpc) is 2.73. The second-order valence-electron chi connectivity index (χ2n) is 6.11. The molecule has 30 heavy (non-hydrogen) atoms. The van der Waals surface area contributed by atoms with Gasteiger partial charge in [-0.1, -0.05) is 35.0 Å². The maximum absolute atomic E-state index is 12.5. The van der Waals surface area contributed by atoms with Gasteiger partial charge in [0.05, 0.1) is 6.61 Å². The van der Waals surface area contributed by atoms with Crippen molar-refractivity contribution in [3.05, 3.63) is 57.6 Å². The van der Waals surface area contributed by atoms with E-state index in [1.165, 1.54) is 12.1 Å². The number of carbonyl (C=O) groups excluding carboxylic acids is 1. The van der Waals surface area contributed by atoms with Crippen molar-refractivity contribution in [3.8, 4) is 17.6 Å². The first-order chi connectivity index (χ1) is 14.4. The number of ether oxygens (including phenoxy) is 2. The number of carboxylic acids is 1. The molecule has 0 aromatic heterocycles. The number of amides is 1. The van der Waals surface area contributed by atoms with Crippen LogP contribution in [0.25, 0.3) is 6.08 Å². The molecular weight excluding hydrogens is 452 g/mol. The van der Waals surface area contributed by atoms with E-state index in [4.69, 9.17) is 14.6 Å². The van der Waals surface area contributed by atoms with Crippen LogP contribution in [0.3, 0.4) is 0 Å². The van der Waals surface area contributed by atoms with E-state index < -0.39 is 18.5 Å². The molecule has 0 radical (unpaired) electrons. The van der Waals surface area contributed by atoms with Crippen LogP contribution < -0.4 is 14.8 Å². The molecule has 0 heterocycles. The Labute approximate surface area is 183 Å². The van der Waals surface area contributed by atoms with Crippen LogP contribution in [-0.2, 0) is 16.0 Å². The molecule has 2 aromatic rings. The van der Waals surface area contributed by atoms with Crippen molar-refractivity contribution in [2.24, 2.45) is 0 Å². The van der Waals surface area contributed by atoms with Crippen LogP contribution in [0.2, 0.25) is 0 Å². The molecule has 2 rings (SSSR count). The fourth-order valence-electron chi connectivity index (χ4n) is 2.51. The highest BCUT2D eigenvalue weighted by molar-refractivity contribution is 9.10. The summed E-state index contributed by atoms with van der Waals surface area (Å²) >= 11 is 3.36. The topological polar surface area (TPSA) is 109 Å². The van der Waals surface area contributed by atoms with Crippen molar-refractivity contribution >= 4 is 39.6 Å². The maximum atomic E-state index is 12.5. The van der Waals surface area contributed by atoms with Crippen molar-refractivity contribution in [3.63, 3.8) is 0 Å². The molecular formula is C22H21BrN2O5. The maximum Gasteiger partial charge on any atom is 0.341 e. The minimum Gasteiger partial charge on any atom is -0.490 e. The number of nitrogens with one attached hydrogen (secondary N) is 1. The molecule has 8 heteroatoms. The van der Waals surface area contributed by atoms with Gasteiger partial charge in [0.2, 0.25) is 0 Å². The number of carboxylic acid groups (broad SMARTS) is 1. The summed E-state index contributed by atoms with van der Waals surface area (Å²) in [6, 6.07) is 12.4. The second-order valence-corrected chi connectivity index (χ2v) is 6.96. The number of hydrogen-bond acceptors (Lipinski definition) is 5. The number of rotatable bonds is 9. The molecule has 2 aromatic carbocycles. The van der Waals surface area contributed by atoms with Crippen molar-refractivity contribution in [2.45, 2.75) is 20.3 Å². The highest BCUT2D eigenvalue weighted by Gasteiger charge is 2.15. The molecule has 0 atom stereocenters. The van der Waals surface area contributed by atoms with Crippen molar-refractivity contribution in [1.29, 1.82) is 5.26 Å². The molecule has 0 bridgehead atoms. The van der Waals surface area contributed by atoms with Crippen LogP contribution in [0.4, 0.5) is 5.69 Å². The van der Waals surface area contributed by atoms with E-state index in [0.717, 1.165) is 12.0 Å². The fraction of sp³-hybridized carbons (Fsp3) is 0.227. The molecule has 7 nitrogen and oxygen atoms in total. The summed E-state index contributed by atoms with van der Waals surface area (Å²) < 4.78 is 11.3. The highest BCUT2D eigenvalue weighted by atomic mass is 79.9. The number of aliphatic carboxylic acids is 1. The molecule has 0 unspecified atom stereocenters. The van der Waals surface area contributed by atoms with E-state index in [1.807, 2.05) is 25.1 Å². The Morgan fingerprint density at radius 2 is 1.83 bits per heavy atom. The van der Waals surface area contributed by atoms with Crippen LogP contribution in [0.15, 0.2) is 46.4 Å². The smallest absolute Gasteiger partial charge is 0.341 e. The number of nitrogens with zero attached hydrogens (tertiary/aromatic N) is 1. The molecule has 0 aliphatic carbocycles. The van der Waals surface area contributed by atoms with Crippen LogP contribution in [0.1, 0.15) is 25.0 Å². The molecule has 2 N–H and O–H groups in total. The Bertz CT molecular complexity index is 994. The van der Waals surface area contributed by atoms with E-state index in [-0.39, 0.29) is 11.3 Å². The summed E-state index contributed by atoms with van der Waals surface area (Å²) in [4.78, 5) is 23.3. The van der Waals surface area contributed by atoms with Gasteiger partial charge in [0.25, 0.3) is 5.91 Å². The Hall–Kier alpha value is -3.31. The van der Waals surface area contributed by atoms with Crippen molar-refractivity contribution in [1.82, 2.24) is 0 Å². The summed E-state index contributed by atoms with van der Waals surface area (Å²) in [6.07, 6.45) is 2.31. The van der Waals surface area contributed by atoms with E-state index in [1.54, 1.807) is 25.1 Å². The predicted molar refractivity (Wildman–Crippen MR) is 116 cm³/mol. The van der Waals surface area contributed by atoms with Crippen LogP contribution in [0.5, 0.6) is 11.5 Å². The molecule has 1 amide bonds. The van der Waals surface area contributed by atoms with Gasteiger partial charge in [0, 0.05) is 10.2 Å². The first kappa shape index (κ1) is 23.0. The van der Waals surface area contributed by atoms with Gasteiger partial charge in [-0.2, -0.15) is 5.26 Å². The number of aryl methyl sites for hydroxylation is 1. The summed E-state index contributed by atoms with van der Waals surface area (Å²) in [5, 5.41) is 21.0. The largest absolute Gasteiger partial charge is 0.490 e. The number of hydrogen-bond donors (Lipinski definition) is 2. The quantitative estimate of drug-likeness (QED) is 0.412. The molecule has 0 saturated carbocycles. The number of carbonyl (C=O) groups is 2. The van der Waals surface area contributed by atoms with E-state index >= 15 is 0 Å². The van der Waals surface area contributed by atoms with Crippen molar-refractivity contribution in [2.75, 3.05) is 18.5 Å². The molecule has 0 fully saturated rings. The summed E-state index contributed by atoms with van der Waals surface area (Å²) in [5.74, 6) is -1.12. The van der Waals surface area contributed by atoms with Gasteiger partial charge < -0.3 is 19.9 Å². The number of halogens is 1. The lowest BCUT2D eigenvalue weighted by Crippen LogP contribution is -2.13. The second kappa shape index (κ2) is 11.0. The first-order valence-corrected chi connectivity index (χ1v) is 10.00.